The SMILES string of the molecule is CC(NC(C)c1ccc2nnc(-c3cccs3)n2n1)C(=O)O. The molecule has 8 heteroatoms. The molecule has 3 heterocycles. The van der Waals surface area contributed by atoms with Gasteiger partial charge in [-0.2, -0.15) is 9.61 Å². The number of rotatable bonds is 5. The van der Waals surface area contributed by atoms with E-state index in [1.54, 1.807) is 22.8 Å². The van der Waals surface area contributed by atoms with Gasteiger partial charge in [-0.05, 0) is 37.4 Å². The summed E-state index contributed by atoms with van der Waals surface area (Å²) in [6.07, 6.45) is 0. The zero-order valence-electron chi connectivity index (χ0n) is 12.1. The minimum atomic E-state index is -0.892. The largest absolute Gasteiger partial charge is 0.480 e. The van der Waals surface area contributed by atoms with Crippen LogP contribution in [0.4, 0.5) is 0 Å². The lowest BCUT2D eigenvalue weighted by atomic mass is 10.2. The van der Waals surface area contributed by atoms with Gasteiger partial charge in [-0.3, -0.25) is 10.1 Å². The van der Waals surface area contributed by atoms with Gasteiger partial charge >= 0.3 is 5.97 Å². The number of carboxylic acids is 1. The van der Waals surface area contributed by atoms with Gasteiger partial charge in [0.05, 0.1) is 10.6 Å². The number of nitrogens with one attached hydrogen (secondary N) is 1. The van der Waals surface area contributed by atoms with Gasteiger partial charge in [0.25, 0.3) is 0 Å². The second-order valence-electron chi connectivity index (χ2n) is 4.98. The number of aromatic nitrogens is 4. The molecular formula is C14H15N5O2S. The number of fused-ring (bicyclic) bond motifs is 1. The summed E-state index contributed by atoms with van der Waals surface area (Å²) in [6.45, 7) is 3.48. The third-order valence-corrected chi connectivity index (χ3v) is 4.20. The summed E-state index contributed by atoms with van der Waals surface area (Å²) in [5.74, 6) is -0.207. The van der Waals surface area contributed by atoms with E-state index in [2.05, 4.69) is 20.6 Å². The summed E-state index contributed by atoms with van der Waals surface area (Å²) in [5.41, 5.74) is 1.39. The van der Waals surface area contributed by atoms with Crippen molar-refractivity contribution >= 4 is 23.0 Å². The molecule has 3 aromatic heterocycles. The number of hydrogen-bond acceptors (Lipinski definition) is 6. The molecule has 0 aliphatic rings. The van der Waals surface area contributed by atoms with Crippen molar-refractivity contribution in [1.29, 1.82) is 0 Å². The number of carboxylic acid groups (broad SMARTS) is 1. The molecule has 2 N–H and O–H groups in total. The van der Waals surface area contributed by atoms with Crippen molar-refractivity contribution in [3.63, 3.8) is 0 Å². The van der Waals surface area contributed by atoms with Crippen molar-refractivity contribution in [3.05, 3.63) is 35.3 Å². The van der Waals surface area contributed by atoms with Gasteiger partial charge in [0.15, 0.2) is 11.5 Å². The quantitative estimate of drug-likeness (QED) is 0.747. The van der Waals surface area contributed by atoms with Crippen LogP contribution in [0, 0.1) is 0 Å². The molecule has 0 aliphatic heterocycles. The van der Waals surface area contributed by atoms with E-state index in [1.807, 2.05) is 36.6 Å². The van der Waals surface area contributed by atoms with Crippen LogP contribution >= 0.6 is 11.3 Å². The van der Waals surface area contributed by atoms with Crippen LogP contribution in [-0.2, 0) is 4.79 Å². The van der Waals surface area contributed by atoms with E-state index in [4.69, 9.17) is 5.11 Å². The van der Waals surface area contributed by atoms with Crippen LogP contribution < -0.4 is 5.32 Å². The molecule has 0 aromatic carbocycles. The minimum Gasteiger partial charge on any atom is -0.480 e. The lowest BCUT2D eigenvalue weighted by molar-refractivity contribution is -0.139. The summed E-state index contributed by atoms with van der Waals surface area (Å²) >= 11 is 1.57. The number of nitrogens with zero attached hydrogens (tertiary/aromatic N) is 4. The van der Waals surface area contributed by atoms with Crippen LogP contribution in [-0.4, -0.2) is 36.9 Å². The highest BCUT2D eigenvalue weighted by Gasteiger charge is 2.17. The molecular weight excluding hydrogens is 302 g/mol. The lowest BCUT2D eigenvalue weighted by Gasteiger charge is -2.16. The van der Waals surface area contributed by atoms with Crippen molar-refractivity contribution < 1.29 is 9.90 Å². The molecule has 0 fully saturated rings. The average Bonchev–Trinajstić information content (AvgIpc) is 3.14. The van der Waals surface area contributed by atoms with Gasteiger partial charge in [-0.15, -0.1) is 21.5 Å². The standard InChI is InChI=1S/C14H15N5O2S/c1-8(15-9(2)14(20)21)10-5-6-12-16-17-13(19(12)18-10)11-4-3-7-22-11/h3-9,15H,1-2H3,(H,20,21). The Hall–Kier alpha value is -2.32. The first-order chi connectivity index (χ1) is 10.6. The minimum absolute atomic E-state index is 0.200. The predicted molar refractivity (Wildman–Crippen MR) is 82.7 cm³/mol. The second kappa shape index (κ2) is 5.82. The molecule has 0 aliphatic carbocycles. The summed E-state index contributed by atoms with van der Waals surface area (Å²) in [6, 6.07) is 6.72. The van der Waals surface area contributed by atoms with E-state index in [1.165, 1.54) is 0 Å². The maximum absolute atomic E-state index is 10.9. The maximum atomic E-state index is 10.9. The fraction of sp³-hybridized carbons (Fsp3) is 0.286. The third-order valence-electron chi connectivity index (χ3n) is 3.34. The summed E-state index contributed by atoms with van der Waals surface area (Å²) < 4.78 is 1.69. The number of hydrogen-bond donors (Lipinski definition) is 2. The van der Waals surface area contributed by atoms with Gasteiger partial charge in [0, 0.05) is 6.04 Å². The summed E-state index contributed by atoms with van der Waals surface area (Å²) in [5, 5.41) is 26.8. The first-order valence-corrected chi connectivity index (χ1v) is 7.69. The van der Waals surface area contributed by atoms with Crippen molar-refractivity contribution in [2.75, 3.05) is 0 Å². The van der Waals surface area contributed by atoms with Crippen molar-refractivity contribution in [3.8, 4) is 10.7 Å². The zero-order valence-corrected chi connectivity index (χ0v) is 12.9. The summed E-state index contributed by atoms with van der Waals surface area (Å²) in [4.78, 5) is 11.9. The van der Waals surface area contributed by atoms with E-state index in [0.29, 0.717) is 11.5 Å². The molecule has 0 bridgehead atoms. The predicted octanol–water partition coefficient (Wildman–Crippen LogP) is 1.98. The van der Waals surface area contributed by atoms with Crippen LogP contribution in [0.25, 0.3) is 16.3 Å². The Morgan fingerprint density at radius 3 is 2.82 bits per heavy atom. The van der Waals surface area contributed by atoms with E-state index >= 15 is 0 Å². The Kier molecular flexibility index (Phi) is 3.86. The zero-order chi connectivity index (χ0) is 15.7. The van der Waals surface area contributed by atoms with Crippen molar-refractivity contribution in [2.45, 2.75) is 25.9 Å². The number of aliphatic carboxylic acids is 1. The second-order valence-corrected chi connectivity index (χ2v) is 5.93. The fourth-order valence-corrected chi connectivity index (χ4v) is 2.82. The first kappa shape index (κ1) is 14.6. The van der Waals surface area contributed by atoms with Crippen LogP contribution in [0.3, 0.4) is 0 Å². The monoisotopic (exact) mass is 317 g/mol. The van der Waals surface area contributed by atoms with Crippen molar-refractivity contribution in [1.82, 2.24) is 25.1 Å². The smallest absolute Gasteiger partial charge is 0.320 e. The first-order valence-electron chi connectivity index (χ1n) is 6.81. The Bertz CT molecular complexity index is 799. The topological polar surface area (TPSA) is 92.4 Å². The van der Waals surface area contributed by atoms with Gasteiger partial charge in [-0.25, -0.2) is 0 Å². The maximum Gasteiger partial charge on any atom is 0.320 e. The van der Waals surface area contributed by atoms with Crippen LogP contribution in [0.5, 0.6) is 0 Å². The molecule has 3 rings (SSSR count). The molecule has 0 spiro atoms. The van der Waals surface area contributed by atoms with Gasteiger partial charge in [-0.1, -0.05) is 6.07 Å². The molecule has 0 amide bonds. The molecule has 0 saturated heterocycles. The molecule has 0 radical (unpaired) electrons. The highest BCUT2D eigenvalue weighted by molar-refractivity contribution is 7.13. The van der Waals surface area contributed by atoms with Gasteiger partial charge < -0.3 is 5.11 Å². The van der Waals surface area contributed by atoms with E-state index in [0.717, 1.165) is 10.6 Å². The van der Waals surface area contributed by atoms with Crippen molar-refractivity contribution in [2.24, 2.45) is 0 Å². The molecule has 2 atom stereocenters. The fourth-order valence-electron chi connectivity index (χ4n) is 2.13. The normalized spacial score (nSPS) is 14.1. The molecule has 3 aromatic rings. The highest BCUT2D eigenvalue weighted by Crippen LogP contribution is 2.23. The summed E-state index contributed by atoms with van der Waals surface area (Å²) in [7, 11) is 0. The Labute approximate surface area is 130 Å². The molecule has 2 unspecified atom stereocenters. The molecule has 7 nitrogen and oxygen atoms in total. The Morgan fingerprint density at radius 2 is 2.14 bits per heavy atom. The van der Waals surface area contributed by atoms with Crippen LogP contribution in [0.1, 0.15) is 25.6 Å². The molecule has 114 valence electrons. The molecule has 22 heavy (non-hydrogen) atoms. The van der Waals surface area contributed by atoms with E-state index in [-0.39, 0.29) is 6.04 Å². The van der Waals surface area contributed by atoms with Crippen LogP contribution in [0.15, 0.2) is 29.6 Å². The highest BCUT2D eigenvalue weighted by atomic mass is 32.1. The van der Waals surface area contributed by atoms with E-state index in [9.17, 15) is 4.79 Å². The Balaban J connectivity index is 1.95. The molecule has 0 saturated carbocycles. The van der Waals surface area contributed by atoms with Gasteiger partial charge in [0.1, 0.15) is 6.04 Å². The average molecular weight is 317 g/mol. The Morgan fingerprint density at radius 1 is 1.32 bits per heavy atom. The van der Waals surface area contributed by atoms with E-state index < -0.39 is 12.0 Å². The van der Waals surface area contributed by atoms with Crippen LogP contribution in [0.2, 0.25) is 0 Å². The third kappa shape index (κ3) is 2.70. The lowest BCUT2D eigenvalue weighted by Crippen LogP contribution is -2.36. The van der Waals surface area contributed by atoms with Gasteiger partial charge in [0.2, 0.25) is 0 Å². The number of thiophene rings is 1. The number of carbonyl (C=O) groups is 1.